The third-order valence-electron chi connectivity index (χ3n) is 5.08. The third-order valence-corrected chi connectivity index (χ3v) is 5.08. The van der Waals surface area contributed by atoms with Gasteiger partial charge in [0, 0.05) is 31.4 Å². The Bertz CT molecular complexity index is 981. The molecule has 1 aromatic heterocycles. The highest BCUT2D eigenvalue weighted by Gasteiger charge is 2.29. The quantitative estimate of drug-likeness (QED) is 0.713. The summed E-state index contributed by atoms with van der Waals surface area (Å²) in [4.78, 5) is 19.0. The molecule has 5 heteroatoms. The van der Waals surface area contributed by atoms with Gasteiger partial charge in [-0.2, -0.15) is 0 Å². The first kappa shape index (κ1) is 17.3. The van der Waals surface area contributed by atoms with E-state index >= 15 is 0 Å². The van der Waals surface area contributed by atoms with Crippen LogP contribution >= 0.6 is 0 Å². The zero-order valence-corrected chi connectivity index (χ0v) is 15.5. The van der Waals surface area contributed by atoms with E-state index in [0.29, 0.717) is 19.6 Å². The first-order chi connectivity index (χ1) is 13.2. The van der Waals surface area contributed by atoms with Crippen molar-refractivity contribution in [1.29, 1.82) is 0 Å². The number of para-hydroxylation sites is 1. The maximum Gasteiger partial charge on any atom is 0.229 e. The van der Waals surface area contributed by atoms with E-state index in [1.165, 1.54) is 0 Å². The fraction of sp³-hybridized carbons (Fsp3) is 0.273. The lowest BCUT2D eigenvalue weighted by atomic mass is 9.95. The van der Waals surface area contributed by atoms with Gasteiger partial charge in [0.25, 0.3) is 0 Å². The van der Waals surface area contributed by atoms with Crippen molar-refractivity contribution in [2.75, 3.05) is 20.8 Å². The van der Waals surface area contributed by atoms with Crippen LogP contribution in [0.15, 0.2) is 54.9 Å². The lowest BCUT2D eigenvalue weighted by molar-refractivity contribution is -0.136. The van der Waals surface area contributed by atoms with Crippen molar-refractivity contribution >= 4 is 16.7 Å². The van der Waals surface area contributed by atoms with Crippen LogP contribution in [-0.2, 0) is 17.8 Å². The van der Waals surface area contributed by atoms with Crippen LogP contribution in [0.5, 0.6) is 11.5 Å². The van der Waals surface area contributed by atoms with Crippen molar-refractivity contribution in [3.8, 4) is 11.5 Å². The zero-order valence-electron chi connectivity index (χ0n) is 15.5. The molecular formula is C22H22N2O3. The Kier molecular flexibility index (Phi) is 4.67. The first-order valence-corrected chi connectivity index (χ1v) is 9.02. The second kappa shape index (κ2) is 7.27. The lowest BCUT2D eigenvalue weighted by Crippen LogP contribution is -2.38. The number of nitrogens with zero attached hydrogens (tertiary/aromatic N) is 2. The van der Waals surface area contributed by atoms with E-state index in [9.17, 15) is 4.79 Å². The predicted molar refractivity (Wildman–Crippen MR) is 104 cm³/mol. The highest BCUT2D eigenvalue weighted by Crippen LogP contribution is 2.36. The minimum Gasteiger partial charge on any atom is -0.493 e. The third kappa shape index (κ3) is 3.33. The molecule has 0 fully saturated rings. The molecule has 2 heterocycles. The number of hydrogen-bond donors (Lipinski definition) is 0. The van der Waals surface area contributed by atoms with Gasteiger partial charge in [0.15, 0.2) is 11.5 Å². The molecule has 1 amide bonds. The van der Waals surface area contributed by atoms with Gasteiger partial charge in [-0.25, -0.2) is 0 Å². The van der Waals surface area contributed by atoms with Crippen LogP contribution in [0.4, 0.5) is 0 Å². The van der Waals surface area contributed by atoms with Crippen molar-refractivity contribution in [2.24, 2.45) is 5.92 Å². The van der Waals surface area contributed by atoms with Gasteiger partial charge in [-0.15, -0.1) is 0 Å². The Morgan fingerprint density at radius 2 is 2.11 bits per heavy atom. The molecule has 0 bridgehead atoms. The standard InChI is InChI=1S/C22H22N2O3/c1-24(13-17-7-3-6-16-12-23-10-9-19(16)17)22(25)18-11-15-5-4-8-20(26-2)21(15)27-14-18/h3-10,12,18H,11,13-14H2,1-2H3/t18-/m0/s1. The Morgan fingerprint density at radius 1 is 1.26 bits per heavy atom. The summed E-state index contributed by atoms with van der Waals surface area (Å²) in [7, 11) is 3.48. The molecule has 138 valence electrons. The van der Waals surface area contributed by atoms with Gasteiger partial charge < -0.3 is 14.4 Å². The largest absolute Gasteiger partial charge is 0.493 e. The molecule has 0 saturated carbocycles. The molecule has 2 aromatic carbocycles. The number of ether oxygens (including phenoxy) is 2. The van der Waals surface area contributed by atoms with Gasteiger partial charge in [-0.3, -0.25) is 9.78 Å². The molecule has 0 spiro atoms. The van der Waals surface area contributed by atoms with Gasteiger partial charge in [-0.05, 0) is 35.1 Å². The van der Waals surface area contributed by atoms with Gasteiger partial charge in [-0.1, -0.05) is 30.3 Å². The van der Waals surface area contributed by atoms with Crippen LogP contribution in [0.25, 0.3) is 10.8 Å². The van der Waals surface area contributed by atoms with Gasteiger partial charge in [0.2, 0.25) is 5.91 Å². The lowest BCUT2D eigenvalue weighted by Gasteiger charge is -2.29. The van der Waals surface area contributed by atoms with Crippen molar-refractivity contribution in [3.05, 3.63) is 66.0 Å². The molecule has 1 aliphatic heterocycles. The van der Waals surface area contributed by atoms with Crippen molar-refractivity contribution in [1.82, 2.24) is 9.88 Å². The second-order valence-electron chi connectivity index (χ2n) is 6.87. The molecule has 1 aliphatic rings. The summed E-state index contributed by atoms with van der Waals surface area (Å²) in [6.45, 7) is 0.928. The number of fused-ring (bicyclic) bond motifs is 2. The summed E-state index contributed by atoms with van der Waals surface area (Å²) in [6.07, 6.45) is 4.29. The fourth-order valence-electron chi connectivity index (χ4n) is 3.69. The number of pyridine rings is 1. The number of rotatable bonds is 4. The summed E-state index contributed by atoms with van der Waals surface area (Å²) >= 11 is 0. The van der Waals surface area contributed by atoms with Crippen molar-refractivity contribution < 1.29 is 14.3 Å². The minimum atomic E-state index is -0.189. The number of benzene rings is 2. The van der Waals surface area contributed by atoms with Crippen LogP contribution in [0, 0.1) is 5.92 Å². The van der Waals surface area contributed by atoms with E-state index in [2.05, 4.69) is 11.1 Å². The van der Waals surface area contributed by atoms with E-state index in [0.717, 1.165) is 33.4 Å². The summed E-state index contributed by atoms with van der Waals surface area (Å²) in [5.41, 5.74) is 2.13. The van der Waals surface area contributed by atoms with E-state index in [-0.39, 0.29) is 11.8 Å². The minimum absolute atomic E-state index is 0.0922. The topological polar surface area (TPSA) is 51.7 Å². The Labute approximate surface area is 158 Å². The van der Waals surface area contributed by atoms with Crippen LogP contribution in [-0.4, -0.2) is 36.6 Å². The monoisotopic (exact) mass is 362 g/mol. The van der Waals surface area contributed by atoms with Crippen LogP contribution in [0.1, 0.15) is 11.1 Å². The van der Waals surface area contributed by atoms with Gasteiger partial charge >= 0.3 is 0 Å². The summed E-state index contributed by atoms with van der Waals surface area (Å²) in [5, 5.41) is 2.21. The molecule has 5 nitrogen and oxygen atoms in total. The molecule has 0 unspecified atom stereocenters. The highest BCUT2D eigenvalue weighted by molar-refractivity contribution is 5.85. The number of carbonyl (C=O) groups is 1. The molecule has 0 saturated heterocycles. The zero-order chi connectivity index (χ0) is 18.8. The fourth-order valence-corrected chi connectivity index (χ4v) is 3.69. The van der Waals surface area contributed by atoms with Crippen LogP contribution < -0.4 is 9.47 Å². The summed E-state index contributed by atoms with van der Waals surface area (Å²) in [6, 6.07) is 13.9. The average molecular weight is 362 g/mol. The molecule has 0 aliphatic carbocycles. The number of aromatic nitrogens is 1. The number of amides is 1. The molecule has 3 aromatic rings. The molecule has 0 N–H and O–H groups in total. The van der Waals surface area contributed by atoms with Gasteiger partial charge in [0.1, 0.15) is 6.61 Å². The van der Waals surface area contributed by atoms with Crippen molar-refractivity contribution in [2.45, 2.75) is 13.0 Å². The SMILES string of the molecule is COc1cccc2c1OC[C@@H](C(=O)N(C)Cc1cccc3cnccc13)C2. The smallest absolute Gasteiger partial charge is 0.229 e. The van der Waals surface area contributed by atoms with Crippen LogP contribution in [0.3, 0.4) is 0 Å². The number of hydrogen-bond acceptors (Lipinski definition) is 4. The Hall–Kier alpha value is -3.08. The average Bonchev–Trinajstić information content (AvgIpc) is 2.72. The van der Waals surface area contributed by atoms with E-state index in [1.54, 1.807) is 18.2 Å². The summed E-state index contributed by atoms with van der Waals surface area (Å²) < 4.78 is 11.2. The maximum atomic E-state index is 13.0. The van der Waals surface area contributed by atoms with Gasteiger partial charge in [0.05, 0.1) is 13.0 Å². The van der Waals surface area contributed by atoms with Crippen LogP contribution in [0.2, 0.25) is 0 Å². The Balaban J connectivity index is 1.51. The molecule has 0 radical (unpaired) electrons. The van der Waals surface area contributed by atoms with Crippen molar-refractivity contribution in [3.63, 3.8) is 0 Å². The molecule has 1 atom stereocenters. The molecule has 4 rings (SSSR count). The Morgan fingerprint density at radius 3 is 2.96 bits per heavy atom. The van der Waals surface area contributed by atoms with E-state index in [4.69, 9.17) is 9.47 Å². The maximum absolute atomic E-state index is 13.0. The molecular weight excluding hydrogens is 340 g/mol. The highest BCUT2D eigenvalue weighted by atomic mass is 16.5. The number of carbonyl (C=O) groups excluding carboxylic acids is 1. The predicted octanol–water partition coefficient (Wildman–Crippen LogP) is 3.45. The normalized spacial score (nSPS) is 15.7. The number of methoxy groups -OCH3 is 1. The molecule has 27 heavy (non-hydrogen) atoms. The second-order valence-corrected chi connectivity index (χ2v) is 6.87. The van der Waals surface area contributed by atoms with E-state index in [1.807, 2.05) is 49.6 Å². The summed E-state index contributed by atoms with van der Waals surface area (Å²) in [5.74, 6) is 1.38. The van der Waals surface area contributed by atoms with E-state index < -0.39 is 0 Å². The first-order valence-electron chi connectivity index (χ1n) is 9.02.